The second-order valence-corrected chi connectivity index (χ2v) is 8.62. The molecule has 15 heteroatoms. The van der Waals surface area contributed by atoms with Gasteiger partial charge in [0.1, 0.15) is 24.4 Å². The van der Waals surface area contributed by atoms with E-state index in [9.17, 15) is 4.39 Å². The Bertz CT molecular complexity index is 1150. The van der Waals surface area contributed by atoms with Gasteiger partial charge in [-0.1, -0.05) is 19.0 Å². The molecule has 200 valence electrons. The van der Waals surface area contributed by atoms with Gasteiger partial charge in [0.2, 0.25) is 0 Å². The average Bonchev–Trinajstić information content (AvgIpc) is 3.57. The van der Waals surface area contributed by atoms with Gasteiger partial charge < -0.3 is 24.4 Å². The maximum absolute atomic E-state index is 14.3. The molecule has 0 unspecified atom stereocenters. The van der Waals surface area contributed by atoms with E-state index in [1.54, 1.807) is 12.1 Å². The lowest BCUT2D eigenvalue weighted by atomic mass is 10.0. The van der Waals surface area contributed by atoms with Crippen molar-refractivity contribution in [3.8, 4) is 11.4 Å². The van der Waals surface area contributed by atoms with Gasteiger partial charge in [0, 0.05) is 37.7 Å². The van der Waals surface area contributed by atoms with Gasteiger partial charge in [-0.25, -0.2) is 14.0 Å². The molecule has 0 radical (unpaired) electrons. The van der Waals surface area contributed by atoms with Crippen molar-refractivity contribution in [1.82, 2.24) is 35.2 Å². The smallest absolute Gasteiger partial charge is 0.414 e. The second-order valence-electron chi connectivity index (χ2n) is 8.62. The van der Waals surface area contributed by atoms with Gasteiger partial charge in [0.15, 0.2) is 11.6 Å². The predicted octanol–water partition coefficient (Wildman–Crippen LogP) is 1.44. The molecule has 0 saturated carbocycles. The minimum absolute atomic E-state index is 0.255. The van der Waals surface area contributed by atoms with Crippen LogP contribution < -0.4 is 9.64 Å². The summed E-state index contributed by atoms with van der Waals surface area (Å²) in [6.07, 6.45) is 3.36. The maximum atomic E-state index is 14.3. The Hall–Kier alpha value is -4.14. The molecule has 1 aliphatic rings. The number of hydrogen-bond acceptors (Lipinski definition) is 11. The molecule has 0 spiro atoms. The number of aliphatic carboxylic acids is 2. The van der Waals surface area contributed by atoms with Gasteiger partial charge >= 0.3 is 18.0 Å². The number of carboxylic acids is 2. The van der Waals surface area contributed by atoms with E-state index >= 15 is 0 Å². The summed E-state index contributed by atoms with van der Waals surface area (Å²) in [5.41, 5.74) is 0.281. The van der Waals surface area contributed by atoms with E-state index in [2.05, 4.69) is 56.4 Å². The van der Waals surface area contributed by atoms with Gasteiger partial charge in [-0.15, -0.1) is 5.10 Å². The lowest BCUT2D eigenvalue weighted by molar-refractivity contribution is -0.159. The molecule has 1 aromatic carbocycles. The number of rotatable bonds is 8. The highest BCUT2D eigenvalue weighted by Gasteiger charge is 2.25. The van der Waals surface area contributed by atoms with E-state index in [1.807, 2.05) is 0 Å². The fourth-order valence-electron chi connectivity index (χ4n) is 3.61. The zero-order chi connectivity index (χ0) is 26.9. The van der Waals surface area contributed by atoms with Crippen LogP contribution in [0, 0.1) is 5.82 Å². The van der Waals surface area contributed by atoms with Crippen molar-refractivity contribution in [1.29, 1.82) is 0 Å². The number of ether oxygens (including phenoxy) is 1. The van der Waals surface area contributed by atoms with Crippen molar-refractivity contribution < 1.29 is 33.5 Å². The fraction of sp³-hybridized carbons (Fsp3) is 0.500. The van der Waals surface area contributed by atoms with Crippen molar-refractivity contribution in [3.63, 3.8) is 0 Å². The zero-order valence-corrected chi connectivity index (χ0v) is 20.7. The number of carbonyl (C=O) groups is 2. The van der Waals surface area contributed by atoms with Gasteiger partial charge in [-0.2, -0.15) is 9.67 Å². The largest absolute Gasteiger partial charge is 0.492 e. The lowest BCUT2D eigenvalue weighted by Crippen LogP contribution is -2.44. The number of hydrogen-bond donors (Lipinski definition) is 2. The van der Waals surface area contributed by atoms with E-state index in [1.165, 1.54) is 17.1 Å². The molecule has 0 bridgehead atoms. The SMILES string of the molecule is CC(C)c1noc(N2CCC(N(C)CCOc3ccc(-n4cnnn4)c(F)c3)CC2)n1.O=C(O)C(=O)O. The molecule has 1 saturated heterocycles. The summed E-state index contributed by atoms with van der Waals surface area (Å²) in [5, 5.41) is 29.6. The van der Waals surface area contributed by atoms with Gasteiger partial charge in [-0.3, -0.25) is 4.90 Å². The Morgan fingerprint density at radius 1 is 1.24 bits per heavy atom. The van der Waals surface area contributed by atoms with E-state index in [-0.39, 0.29) is 11.6 Å². The molecule has 4 rings (SSSR count). The van der Waals surface area contributed by atoms with E-state index in [0.717, 1.165) is 38.3 Å². The molecule has 3 aromatic rings. The summed E-state index contributed by atoms with van der Waals surface area (Å²) < 4.78 is 26.7. The standard InChI is InChI=1S/C20H27FN8O2.C2H2O4/c1-14(2)19-23-20(31-24-19)28-8-6-15(7-9-28)27(3)10-11-30-16-4-5-18(17(21)12-16)29-13-22-25-26-29;3-1(4)2(5)6/h4-5,12-15H,6-11H2,1-3H3;(H,3,4)(H,5,6). The Kier molecular flexibility index (Phi) is 9.43. The third-order valence-corrected chi connectivity index (χ3v) is 5.72. The molecule has 1 fully saturated rings. The molecular formula is C22H29FN8O6. The van der Waals surface area contributed by atoms with Gasteiger partial charge in [0.05, 0.1) is 0 Å². The quantitative estimate of drug-likeness (QED) is 0.409. The molecule has 37 heavy (non-hydrogen) atoms. The van der Waals surface area contributed by atoms with Crippen LogP contribution in [0.4, 0.5) is 10.4 Å². The third kappa shape index (κ3) is 7.67. The van der Waals surface area contributed by atoms with E-state index in [4.69, 9.17) is 29.1 Å². The van der Waals surface area contributed by atoms with Crippen molar-refractivity contribution >= 4 is 18.0 Å². The van der Waals surface area contributed by atoms with Crippen LogP contribution in [0.2, 0.25) is 0 Å². The average molecular weight is 521 g/mol. The van der Waals surface area contributed by atoms with Crippen molar-refractivity contribution in [2.45, 2.75) is 38.6 Å². The molecule has 3 heterocycles. The number of piperidine rings is 1. The number of nitrogens with zero attached hydrogens (tertiary/aromatic N) is 8. The molecule has 0 aliphatic carbocycles. The van der Waals surface area contributed by atoms with Crippen molar-refractivity contribution in [3.05, 3.63) is 36.2 Å². The number of halogens is 1. The fourth-order valence-corrected chi connectivity index (χ4v) is 3.61. The predicted molar refractivity (Wildman–Crippen MR) is 126 cm³/mol. The number of benzene rings is 1. The Morgan fingerprint density at radius 3 is 2.49 bits per heavy atom. The van der Waals surface area contributed by atoms with Crippen molar-refractivity contribution in [2.75, 3.05) is 38.2 Å². The van der Waals surface area contributed by atoms with Gasteiger partial charge in [0.25, 0.3) is 0 Å². The summed E-state index contributed by atoms with van der Waals surface area (Å²) in [7, 11) is 2.09. The molecule has 0 amide bonds. The minimum Gasteiger partial charge on any atom is -0.492 e. The highest BCUT2D eigenvalue weighted by molar-refractivity contribution is 6.27. The summed E-state index contributed by atoms with van der Waals surface area (Å²) in [6.45, 7) is 7.07. The number of likely N-dealkylation sites (N-methyl/N-ethyl adjacent to an activating group) is 1. The Labute approximate surface area is 211 Å². The summed E-state index contributed by atoms with van der Waals surface area (Å²) in [6, 6.07) is 5.73. The van der Waals surface area contributed by atoms with E-state index in [0.29, 0.717) is 24.4 Å². The summed E-state index contributed by atoms with van der Waals surface area (Å²) in [5.74, 6) is -2.61. The highest BCUT2D eigenvalue weighted by Crippen LogP contribution is 2.23. The van der Waals surface area contributed by atoms with Crippen LogP contribution in [-0.4, -0.2) is 96.7 Å². The third-order valence-electron chi connectivity index (χ3n) is 5.72. The van der Waals surface area contributed by atoms with Crippen LogP contribution in [0.3, 0.4) is 0 Å². The highest BCUT2D eigenvalue weighted by atomic mass is 19.1. The minimum atomic E-state index is -1.82. The second kappa shape index (κ2) is 12.7. The Morgan fingerprint density at radius 2 is 1.95 bits per heavy atom. The van der Waals surface area contributed by atoms with Crippen LogP contribution in [0.5, 0.6) is 5.75 Å². The number of tetrazole rings is 1. The first-order valence-corrected chi connectivity index (χ1v) is 11.6. The van der Waals surface area contributed by atoms with Crippen molar-refractivity contribution in [2.24, 2.45) is 0 Å². The summed E-state index contributed by atoms with van der Waals surface area (Å²) >= 11 is 0. The zero-order valence-electron chi connectivity index (χ0n) is 20.7. The van der Waals surface area contributed by atoms with E-state index < -0.39 is 17.8 Å². The molecule has 14 nitrogen and oxygen atoms in total. The van der Waals surface area contributed by atoms with Crippen LogP contribution >= 0.6 is 0 Å². The number of aromatic nitrogens is 6. The molecule has 2 N–H and O–H groups in total. The first-order valence-electron chi connectivity index (χ1n) is 11.6. The first-order chi connectivity index (χ1) is 17.7. The first kappa shape index (κ1) is 27.4. The molecular weight excluding hydrogens is 491 g/mol. The van der Waals surface area contributed by atoms with Crippen LogP contribution in [-0.2, 0) is 9.59 Å². The number of anilines is 1. The van der Waals surface area contributed by atoms with Gasteiger partial charge in [-0.05, 0) is 42.4 Å². The molecule has 0 atom stereocenters. The van der Waals surface area contributed by atoms with Crippen LogP contribution in [0.1, 0.15) is 38.4 Å². The van der Waals surface area contributed by atoms with Crippen LogP contribution in [0.15, 0.2) is 29.0 Å². The lowest BCUT2D eigenvalue weighted by Gasteiger charge is -2.35. The molecule has 2 aromatic heterocycles. The normalized spacial score (nSPS) is 13.9. The van der Waals surface area contributed by atoms with Crippen LogP contribution in [0.25, 0.3) is 5.69 Å². The number of carboxylic acid groups (broad SMARTS) is 2. The topological polar surface area (TPSA) is 173 Å². The molecule has 1 aliphatic heterocycles. The Balaban J connectivity index is 0.000000568. The maximum Gasteiger partial charge on any atom is 0.414 e. The monoisotopic (exact) mass is 520 g/mol. The summed E-state index contributed by atoms with van der Waals surface area (Å²) in [4.78, 5) is 27.1.